The molecule has 3 aromatic rings. The van der Waals surface area contributed by atoms with Crippen LogP contribution in [0.4, 0.5) is 20.9 Å². The fourth-order valence-electron chi connectivity index (χ4n) is 2.67. The molecular weight excluding hydrogens is 453 g/mol. The summed E-state index contributed by atoms with van der Waals surface area (Å²) in [5, 5.41) is 22.6. The third-order valence-electron chi connectivity index (χ3n) is 4.16. The summed E-state index contributed by atoms with van der Waals surface area (Å²) in [7, 11) is 3.60. The Morgan fingerprint density at radius 2 is 1.68 bits per heavy atom. The fourth-order valence-corrected chi connectivity index (χ4v) is 3.69. The number of hydrogen-bond acceptors (Lipinski definition) is 8. The lowest BCUT2D eigenvalue weighted by Gasteiger charge is -2.22. The smallest absolute Gasteiger partial charge is 0.277 e. The van der Waals surface area contributed by atoms with Gasteiger partial charge >= 0.3 is 0 Å². The van der Waals surface area contributed by atoms with Crippen LogP contribution in [-0.4, -0.2) is 52.8 Å². The summed E-state index contributed by atoms with van der Waals surface area (Å²) in [5.41, 5.74) is -0.845. The maximum Gasteiger partial charge on any atom is 0.277 e. The zero-order valence-corrected chi connectivity index (χ0v) is 18.0. The number of carbonyl (C=O) groups is 1. The number of benzene rings is 2. The standard InChI is InChI=1S/C18H16FN5O5S.ClH/c1-21(2)5-6-22(18-20-15-4-3-12(19)9-16(15)30-18)17(25)11-7-13(23(26)27)10-14(8-11)24(28)29;/h3-4,7-10H,5-6H2,1-2H3;1H. The van der Waals surface area contributed by atoms with Crippen LogP contribution in [0.5, 0.6) is 0 Å². The highest BCUT2D eigenvalue weighted by Gasteiger charge is 2.26. The molecular formula is C18H17ClFN5O5S. The van der Waals surface area contributed by atoms with Gasteiger partial charge < -0.3 is 4.90 Å². The van der Waals surface area contributed by atoms with E-state index in [1.807, 2.05) is 4.90 Å². The van der Waals surface area contributed by atoms with E-state index in [9.17, 15) is 29.4 Å². The number of thiazole rings is 1. The molecule has 2 aromatic carbocycles. The molecule has 13 heteroatoms. The highest BCUT2D eigenvalue weighted by atomic mass is 35.5. The average molecular weight is 470 g/mol. The van der Waals surface area contributed by atoms with Gasteiger partial charge in [0.2, 0.25) is 0 Å². The monoisotopic (exact) mass is 469 g/mol. The summed E-state index contributed by atoms with van der Waals surface area (Å²) in [5.74, 6) is -1.12. The molecule has 0 radical (unpaired) electrons. The van der Waals surface area contributed by atoms with Crippen LogP contribution in [0.2, 0.25) is 0 Å². The first-order valence-electron chi connectivity index (χ1n) is 8.62. The number of carbonyl (C=O) groups excluding carboxylic acids is 1. The van der Waals surface area contributed by atoms with E-state index >= 15 is 0 Å². The van der Waals surface area contributed by atoms with E-state index in [0.717, 1.165) is 29.5 Å². The van der Waals surface area contributed by atoms with E-state index in [1.54, 1.807) is 14.1 Å². The molecule has 0 atom stereocenters. The summed E-state index contributed by atoms with van der Waals surface area (Å²) < 4.78 is 14.1. The van der Waals surface area contributed by atoms with Gasteiger partial charge in [-0.05, 0) is 32.3 Å². The molecule has 0 bridgehead atoms. The molecule has 31 heavy (non-hydrogen) atoms. The van der Waals surface area contributed by atoms with Crippen LogP contribution in [-0.2, 0) is 0 Å². The van der Waals surface area contributed by atoms with Crippen LogP contribution >= 0.6 is 23.7 Å². The van der Waals surface area contributed by atoms with E-state index in [1.165, 1.54) is 23.1 Å². The van der Waals surface area contributed by atoms with Crippen molar-refractivity contribution in [1.82, 2.24) is 9.88 Å². The first-order valence-corrected chi connectivity index (χ1v) is 9.44. The average Bonchev–Trinajstić information content (AvgIpc) is 3.09. The van der Waals surface area contributed by atoms with Crippen molar-refractivity contribution in [3.63, 3.8) is 0 Å². The Balaban J connectivity index is 0.00000341. The minimum absolute atomic E-state index is 0. The number of nitro groups is 2. The Morgan fingerprint density at radius 1 is 1.06 bits per heavy atom. The lowest BCUT2D eigenvalue weighted by Crippen LogP contribution is -2.36. The molecule has 10 nitrogen and oxygen atoms in total. The zero-order valence-electron chi connectivity index (χ0n) is 16.4. The maximum absolute atomic E-state index is 13.5. The molecule has 0 aliphatic carbocycles. The highest BCUT2D eigenvalue weighted by molar-refractivity contribution is 7.22. The first kappa shape index (κ1) is 24.1. The van der Waals surface area contributed by atoms with Gasteiger partial charge in [0.05, 0.1) is 31.7 Å². The molecule has 0 aliphatic heterocycles. The van der Waals surface area contributed by atoms with Gasteiger partial charge in [-0.1, -0.05) is 11.3 Å². The molecule has 0 spiro atoms. The van der Waals surface area contributed by atoms with Crippen LogP contribution in [0.25, 0.3) is 10.2 Å². The van der Waals surface area contributed by atoms with Gasteiger partial charge in [0.15, 0.2) is 5.13 Å². The number of halogens is 2. The zero-order chi connectivity index (χ0) is 22.0. The number of anilines is 1. The second-order valence-corrected chi connectivity index (χ2v) is 7.63. The van der Waals surface area contributed by atoms with Gasteiger partial charge in [0.25, 0.3) is 17.3 Å². The van der Waals surface area contributed by atoms with Crippen molar-refractivity contribution in [3.05, 3.63) is 68.0 Å². The molecule has 0 unspecified atom stereocenters. The minimum Gasteiger partial charge on any atom is -0.308 e. The molecule has 0 fully saturated rings. The third kappa shape index (κ3) is 5.48. The predicted octanol–water partition coefficient (Wildman–Crippen LogP) is 3.88. The largest absolute Gasteiger partial charge is 0.308 e. The number of fused-ring (bicyclic) bond motifs is 1. The molecule has 164 valence electrons. The summed E-state index contributed by atoms with van der Waals surface area (Å²) in [6, 6.07) is 6.81. The summed E-state index contributed by atoms with van der Waals surface area (Å²) in [6.45, 7) is 0.609. The van der Waals surface area contributed by atoms with E-state index in [4.69, 9.17) is 0 Å². The van der Waals surface area contributed by atoms with Crippen molar-refractivity contribution < 1.29 is 19.0 Å². The van der Waals surface area contributed by atoms with Crippen molar-refractivity contribution in [1.29, 1.82) is 0 Å². The van der Waals surface area contributed by atoms with Gasteiger partial charge in [-0.15, -0.1) is 12.4 Å². The Bertz CT molecular complexity index is 1120. The lowest BCUT2D eigenvalue weighted by molar-refractivity contribution is -0.394. The number of nitro benzene ring substituents is 2. The minimum atomic E-state index is -0.797. The molecule has 1 aromatic heterocycles. The quantitative estimate of drug-likeness (QED) is 0.380. The maximum atomic E-state index is 13.5. The van der Waals surface area contributed by atoms with E-state index < -0.39 is 32.9 Å². The SMILES string of the molecule is CN(C)CCN(C(=O)c1cc([N+](=O)[O-])cc([N+](=O)[O-])c1)c1nc2ccc(F)cc2s1.Cl. The number of amides is 1. The first-order chi connectivity index (χ1) is 14.2. The van der Waals surface area contributed by atoms with Crippen LogP contribution in [0, 0.1) is 26.0 Å². The number of aromatic nitrogens is 1. The number of likely N-dealkylation sites (N-methyl/N-ethyl adjacent to an activating group) is 1. The lowest BCUT2D eigenvalue weighted by atomic mass is 10.1. The van der Waals surface area contributed by atoms with Crippen LogP contribution < -0.4 is 4.90 Å². The summed E-state index contributed by atoms with van der Waals surface area (Å²) in [4.78, 5) is 41.4. The summed E-state index contributed by atoms with van der Waals surface area (Å²) >= 11 is 1.08. The highest BCUT2D eigenvalue weighted by Crippen LogP contribution is 2.31. The summed E-state index contributed by atoms with van der Waals surface area (Å²) in [6.07, 6.45) is 0. The van der Waals surface area contributed by atoms with Crippen molar-refractivity contribution in [3.8, 4) is 0 Å². The molecule has 1 heterocycles. The Kier molecular flexibility index (Phi) is 7.55. The molecule has 1 amide bonds. The molecule has 0 aliphatic rings. The van der Waals surface area contributed by atoms with Crippen molar-refractivity contribution in [2.45, 2.75) is 0 Å². The Hall–Kier alpha value is -3.22. The van der Waals surface area contributed by atoms with Crippen LogP contribution in [0.1, 0.15) is 10.4 Å². The van der Waals surface area contributed by atoms with Gasteiger partial charge in [0.1, 0.15) is 5.82 Å². The van der Waals surface area contributed by atoms with Gasteiger partial charge in [-0.3, -0.25) is 29.9 Å². The van der Waals surface area contributed by atoms with Crippen molar-refractivity contribution in [2.24, 2.45) is 0 Å². The van der Waals surface area contributed by atoms with Gasteiger partial charge in [0, 0.05) is 25.2 Å². The Labute approximate surface area is 185 Å². The van der Waals surface area contributed by atoms with Crippen molar-refractivity contribution >= 4 is 56.4 Å². The van der Waals surface area contributed by atoms with Crippen LogP contribution in [0.15, 0.2) is 36.4 Å². The number of nitrogens with zero attached hydrogens (tertiary/aromatic N) is 5. The fraction of sp³-hybridized carbons (Fsp3) is 0.222. The molecule has 0 N–H and O–H groups in total. The second-order valence-electron chi connectivity index (χ2n) is 6.62. The predicted molar refractivity (Wildman–Crippen MR) is 117 cm³/mol. The van der Waals surface area contributed by atoms with Crippen molar-refractivity contribution in [2.75, 3.05) is 32.1 Å². The van der Waals surface area contributed by atoms with Gasteiger partial charge in [-0.25, -0.2) is 9.37 Å². The van der Waals surface area contributed by atoms with E-state index in [-0.39, 0.29) is 29.6 Å². The number of hydrogen-bond donors (Lipinski definition) is 0. The van der Waals surface area contributed by atoms with E-state index in [0.29, 0.717) is 16.8 Å². The molecule has 0 saturated heterocycles. The second kappa shape index (κ2) is 9.73. The van der Waals surface area contributed by atoms with Gasteiger partial charge in [-0.2, -0.15) is 0 Å². The topological polar surface area (TPSA) is 123 Å². The molecule has 3 rings (SSSR count). The Morgan fingerprint density at radius 3 is 2.23 bits per heavy atom. The van der Waals surface area contributed by atoms with E-state index in [2.05, 4.69) is 4.98 Å². The third-order valence-corrected chi connectivity index (χ3v) is 5.20. The number of rotatable bonds is 7. The van der Waals surface area contributed by atoms with Crippen LogP contribution in [0.3, 0.4) is 0 Å². The number of non-ortho nitro benzene ring substituents is 2. The molecule has 0 saturated carbocycles. The normalized spacial score (nSPS) is 10.7.